The Morgan fingerprint density at radius 3 is 1.97 bits per heavy atom. The van der Waals surface area contributed by atoms with Crippen LogP contribution in [-0.2, 0) is 0 Å². The Balaban J connectivity index is 1.84. The van der Waals surface area contributed by atoms with Gasteiger partial charge in [0.05, 0.1) is 16.9 Å². The predicted octanol–water partition coefficient (Wildman–Crippen LogP) is 7.69. The second-order valence-electron chi connectivity index (χ2n) is 8.17. The fourth-order valence-corrected chi connectivity index (χ4v) is 4.23. The first kappa shape index (κ1) is 20.0. The van der Waals surface area contributed by atoms with E-state index in [4.69, 9.17) is 9.97 Å². The van der Waals surface area contributed by atoms with Gasteiger partial charge in [0.15, 0.2) is 0 Å². The van der Waals surface area contributed by atoms with Crippen molar-refractivity contribution in [3.63, 3.8) is 0 Å². The highest BCUT2D eigenvalue weighted by atomic mass is 15.3. The summed E-state index contributed by atoms with van der Waals surface area (Å²) in [5, 5.41) is 1.06. The van der Waals surface area contributed by atoms with Crippen molar-refractivity contribution in [2.45, 2.75) is 20.8 Å². The average molecular weight is 416 g/mol. The fourth-order valence-electron chi connectivity index (χ4n) is 4.23. The van der Waals surface area contributed by atoms with E-state index in [0.29, 0.717) is 5.95 Å². The molecular weight excluding hydrogens is 390 g/mol. The molecule has 32 heavy (non-hydrogen) atoms. The molecule has 0 radical (unpaired) electrons. The standard InChI is InChI=1S/C29H25N3/c1-20-17-18-26-25(19-20)27(23-13-6-4-7-14-23)31-29(30-26)32(24-15-8-5-9-16-24)28-21(2)11-10-12-22(28)3/h4-19H,1-3H3. The van der Waals surface area contributed by atoms with Gasteiger partial charge < -0.3 is 0 Å². The highest BCUT2D eigenvalue weighted by Crippen LogP contribution is 2.39. The average Bonchev–Trinajstić information content (AvgIpc) is 2.82. The molecule has 0 saturated carbocycles. The lowest BCUT2D eigenvalue weighted by Gasteiger charge is -2.27. The van der Waals surface area contributed by atoms with Crippen LogP contribution in [0.25, 0.3) is 22.2 Å². The maximum atomic E-state index is 5.16. The molecule has 0 bridgehead atoms. The van der Waals surface area contributed by atoms with Gasteiger partial charge in [-0.3, -0.25) is 4.90 Å². The molecule has 4 aromatic carbocycles. The van der Waals surface area contributed by atoms with Crippen LogP contribution in [0, 0.1) is 20.8 Å². The molecule has 1 heterocycles. The van der Waals surface area contributed by atoms with Crippen molar-refractivity contribution in [3.05, 3.63) is 114 Å². The number of hydrogen-bond donors (Lipinski definition) is 0. The first-order valence-electron chi connectivity index (χ1n) is 10.9. The number of anilines is 3. The normalized spacial score (nSPS) is 11.0. The molecule has 3 heteroatoms. The zero-order valence-corrected chi connectivity index (χ0v) is 18.6. The van der Waals surface area contributed by atoms with Crippen molar-refractivity contribution < 1.29 is 0 Å². The first-order valence-corrected chi connectivity index (χ1v) is 10.9. The molecule has 0 N–H and O–H groups in total. The smallest absolute Gasteiger partial charge is 0.235 e. The Labute approximate surface area is 189 Å². The quantitative estimate of drug-likeness (QED) is 0.301. The minimum absolute atomic E-state index is 0.670. The van der Waals surface area contributed by atoms with Crippen LogP contribution in [0.2, 0.25) is 0 Å². The van der Waals surface area contributed by atoms with E-state index in [1.54, 1.807) is 0 Å². The Bertz CT molecular complexity index is 1370. The third kappa shape index (κ3) is 3.63. The predicted molar refractivity (Wildman–Crippen MR) is 134 cm³/mol. The summed E-state index contributed by atoms with van der Waals surface area (Å²) in [7, 11) is 0. The molecule has 5 aromatic rings. The molecule has 0 fully saturated rings. The molecule has 0 aliphatic carbocycles. The van der Waals surface area contributed by atoms with Crippen molar-refractivity contribution in [1.29, 1.82) is 0 Å². The zero-order chi connectivity index (χ0) is 22.1. The summed E-state index contributed by atoms with van der Waals surface area (Å²) in [6, 6.07) is 33.5. The second-order valence-corrected chi connectivity index (χ2v) is 8.17. The van der Waals surface area contributed by atoms with Crippen LogP contribution in [0.1, 0.15) is 16.7 Å². The van der Waals surface area contributed by atoms with Crippen molar-refractivity contribution in [3.8, 4) is 11.3 Å². The molecule has 0 aliphatic rings. The monoisotopic (exact) mass is 415 g/mol. The number of aryl methyl sites for hydroxylation is 3. The van der Waals surface area contributed by atoms with E-state index in [1.807, 2.05) is 12.1 Å². The Morgan fingerprint density at radius 2 is 1.28 bits per heavy atom. The van der Waals surface area contributed by atoms with Gasteiger partial charge in [-0.1, -0.05) is 78.4 Å². The van der Waals surface area contributed by atoms with Gasteiger partial charge in [0.2, 0.25) is 5.95 Å². The van der Waals surface area contributed by atoms with E-state index in [9.17, 15) is 0 Å². The number of fused-ring (bicyclic) bond motifs is 1. The summed E-state index contributed by atoms with van der Waals surface area (Å²) in [6.07, 6.45) is 0. The molecule has 0 unspecified atom stereocenters. The van der Waals surface area contributed by atoms with Crippen LogP contribution >= 0.6 is 0 Å². The van der Waals surface area contributed by atoms with Crippen LogP contribution in [0.15, 0.2) is 97.1 Å². The van der Waals surface area contributed by atoms with Crippen LogP contribution in [0.5, 0.6) is 0 Å². The molecule has 0 atom stereocenters. The van der Waals surface area contributed by atoms with Crippen molar-refractivity contribution in [2.24, 2.45) is 0 Å². The molecule has 5 rings (SSSR count). The van der Waals surface area contributed by atoms with Gasteiger partial charge in [-0.2, -0.15) is 0 Å². The van der Waals surface area contributed by atoms with Crippen LogP contribution in [0.4, 0.5) is 17.3 Å². The molecule has 0 spiro atoms. The van der Waals surface area contributed by atoms with Gasteiger partial charge in [0.25, 0.3) is 0 Å². The van der Waals surface area contributed by atoms with Gasteiger partial charge in [0, 0.05) is 16.6 Å². The zero-order valence-electron chi connectivity index (χ0n) is 18.6. The lowest BCUT2D eigenvalue weighted by atomic mass is 10.0. The summed E-state index contributed by atoms with van der Waals surface area (Å²) in [5.41, 5.74) is 8.68. The second kappa shape index (κ2) is 8.27. The lowest BCUT2D eigenvalue weighted by Crippen LogP contribution is -2.16. The van der Waals surface area contributed by atoms with E-state index >= 15 is 0 Å². The highest BCUT2D eigenvalue weighted by molar-refractivity contribution is 5.94. The van der Waals surface area contributed by atoms with Gasteiger partial charge in [-0.15, -0.1) is 0 Å². The van der Waals surface area contributed by atoms with E-state index in [-0.39, 0.29) is 0 Å². The van der Waals surface area contributed by atoms with Crippen LogP contribution in [0.3, 0.4) is 0 Å². The topological polar surface area (TPSA) is 29.0 Å². The minimum Gasteiger partial charge on any atom is -0.279 e. The molecular formula is C29H25N3. The Kier molecular flexibility index (Phi) is 5.16. The van der Waals surface area contributed by atoms with Crippen LogP contribution < -0.4 is 4.90 Å². The molecule has 0 saturated heterocycles. The van der Waals surface area contributed by atoms with Crippen molar-refractivity contribution >= 4 is 28.2 Å². The molecule has 156 valence electrons. The van der Waals surface area contributed by atoms with E-state index in [2.05, 4.69) is 111 Å². The summed E-state index contributed by atoms with van der Waals surface area (Å²) >= 11 is 0. The highest BCUT2D eigenvalue weighted by Gasteiger charge is 2.21. The third-order valence-corrected chi connectivity index (χ3v) is 5.76. The first-order chi connectivity index (χ1) is 15.6. The molecule has 0 amide bonds. The molecule has 1 aromatic heterocycles. The molecule has 0 aliphatic heterocycles. The largest absolute Gasteiger partial charge is 0.279 e. The SMILES string of the molecule is Cc1ccc2nc(N(c3ccccc3)c3c(C)cccc3C)nc(-c3ccccc3)c2c1. The van der Waals surface area contributed by atoms with E-state index in [1.165, 1.54) is 16.7 Å². The van der Waals surface area contributed by atoms with Gasteiger partial charge in [-0.05, 0) is 56.2 Å². The van der Waals surface area contributed by atoms with Gasteiger partial charge in [0.1, 0.15) is 0 Å². The Hall–Kier alpha value is -3.98. The summed E-state index contributed by atoms with van der Waals surface area (Å²) in [4.78, 5) is 12.4. The number of hydrogen-bond acceptors (Lipinski definition) is 3. The third-order valence-electron chi connectivity index (χ3n) is 5.76. The van der Waals surface area contributed by atoms with Gasteiger partial charge >= 0.3 is 0 Å². The number of benzene rings is 4. The summed E-state index contributed by atoms with van der Waals surface area (Å²) in [5.74, 6) is 0.670. The number of rotatable bonds is 4. The minimum atomic E-state index is 0.670. The number of nitrogens with zero attached hydrogens (tertiary/aromatic N) is 3. The fraction of sp³-hybridized carbons (Fsp3) is 0.103. The van der Waals surface area contributed by atoms with Gasteiger partial charge in [-0.25, -0.2) is 9.97 Å². The maximum Gasteiger partial charge on any atom is 0.235 e. The Morgan fingerprint density at radius 1 is 0.625 bits per heavy atom. The van der Waals surface area contributed by atoms with E-state index in [0.717, 1.165) is 33.5 Å². The van der Waals surface area contributed by atoms with Crippen molar-refractivity contribution in [1.82, 2.24) is 9.97 Å². The summed E-state index contributed by atoms with van der Waals surface area (Å²) in [6.45, 7) is 6.39. The summed E-state index contributed by atoms with van der Waals surface area (Å²) < 4.78 is 0. The number of aromatic nitrogens is 2. The van der Waals surface area contributed by atoms with Crippen molar-refractivity contribution in [2.75, 3.05) is 4.90 Å². The molecule has 3 nitrogen and oxygen atoms in total. The van der Waals surface area contributed by atoms with E-state index < -0.39 is 0 Å². The van der Waals surface area contributed by atoms with Crippen LogP contribution in [-0.4, -0.2) is 9.97 Å². The lowest BCUT2D eigenvalue weighted by molar-refractivity contribution is 1.09. The number of para-hydroxylation sites is 2. The maximum absolute atomic E-state index is 5.16.